The van der Waals surface area contributed by atoms with Crippen LogP contribution in [0.1, 0.15) is 36.8 Å². The molecule has 3 nitrogen and oxygen atoms in total. The Hall–Kier alpha value is -1.37. The highest BCUT2D eigenvalue weighted by molar-refractivity contribution is 6.30. The molecule has 0 bridgehead atoms. The molecule has 2 unspecified atom stereocenters. The minimum absolute atomic E-state index is 0.288. The number of nitrogens with one attached hydrogen (secondary N) is 1. The third-order valence-electron chi connectivity index (χ3n) is 4.12. The van der Waals surface area contributed by atoms with Crippen LogP contribution in [0.2, 0.25) is 5.15 Å². The van der Waals surface area contributed by atoms with Gasteiger partial charge < -0.3 is 5.32 Å². The summed E-state index contributed by atoms with van der Waals surface area (Å²) in [6.07, 6.45) is 8.99. The molecule has 0 saturated carbocycles. The lowest BCUT2D eigenvalue weighted by atomic mass is 9.77. The molecular weight excluding hydrogens is 258 g/mol. The number of aromatic nitrogens is 1. The summed E-state index contributed by atoms with van der Waals surface area (Å²) in [7, 11) is 0. The maximum absolute atomic E-state index is 9.06. The van der Waals surface area contributed by atoms with Gasteiger partial charge in [0.05, 0.1) is 5.56 Å². The summed E-state index contributed by atoms with van der Waals surface area (Å²) in [6, 6.07) is 4.38. The second-order valence-corrected chi connectivity index (χ2v) is 5.60. The number of piperidine rings is 1. The molecule has 2 atom stereocenters. The number of rotatable bonds is 1. The normalized spacial score (nSPS) is 26.2. The van der Waals surface area contributed by atoms with Gasteiger partial charge in [0.25, 0.3) is 0 Å². The van der Waals surface area contributed by atoms with Gasteiger partial charge in [-0.25, -0.2) is 4.98 Å². The summed E-state index contributed by atoms with van der Waals surface area (Å²) in [5, 5.41) is 13.0. The zero-order valence-corrected chi connectivity index (χ0v) is 11.5. The van der Waals surface area contributed by atoms with Crippen molar-refractivity contribution in [3.8, 4) is 6.07 Å². The van der Waals surface area contributed by atoms with Gasteiger partial charge in [0.2, 0.25) is 0 Å². The van der Waals surface area contributed by atoms with Crippen LogP contribution in [-0.2, 0) is 0 Å². The zero-order chi connectivity index (χ0) is 13.2. The Morgan fingerprint density at radius 1 is 1.42 bits per heavy atom. The standard InChI is InChI=1S/C15H16ClN3/c16-15-11(8-17)7-12(9-19-15)13-5-1-3-10-4-2-6-18-14(10)13/h5,7,9-10,14,18H,1-4,6H2. The van der Waals surface area contributed by atoms with Gasteiger partial charge in [0.15, 0.2) is 0 Å². The topological polar surface area (TPSA) is 48.7 Å². The SMILES string of the molecule is N#Cc1cc(C2=CCCC3CCCNC23)cnc1Cl. The highest BCUT2D eigenvalue weighted by Gasteiger charge is 2.30. The third kappa shape index (κ3) is 2.39. The Labute approximate surface area is 118 Å². The maximum atomic E-state index is 9.06. The van der Waals surface area contributed by atoms with Gasteiger partial charge in [-0.05, 0) is 55.3 Å². The average molecular weight is 274 g/mol. The summed E-state index contributed by atoms with van der Waals surface area (Å²) in [5.74, 6) is 0.718. The first-order chi connectivity index (χ1) is 9.29. The van der Waals surface area contributed by atoms with Gasteiger partial charge in [-0.3, -0.25) is 0 Å². The van der Waals surface area contributed by atoms with E-state index in [0.29, 0.717) is 11.6 Å². The summed E-state index contributed by atoms with van der Waals surface area (Å²) >= 11 is 5.90. The first-order valence-corrected chi connectivity index (χ1v) is 7.17. The molecule has 2 heterocycles. The Bertz CT molecular complexity index is 559. The van der Waals surface area contributed by atoms with E-state index >= 15 is 0 Å². The van der Waals surface area contributed by atoms with Crippen LogP contribution in [0.5, 0.6) is 0 Å². The number of halogens is 1. The van der Waals surface area contributed by atoms with E-state index in [0.717, 1.165) is 24.4 Å². The Morgan fingerprint density at radius 2 is 2.32 bits per heavy atom. The van der Waals surface area contributed by atoms with Gasteiger partial charge in [0, 0.05) is 12.2 Å². The number of pyridine rings is 1. The molecule has 1 fully saturated rings. The minimum Gasteiger partial charge on any atom is -0.310 e. The maximum Gasteiger partial charge on any atom is 0.146 e. The second-order valence-electron chi connectivity index (χ2n) is 5.25. The molecule has 3 rings (SSSR count). The van der Waals surface area contributed by atoms with E-state index in [2.05, 4.69) is 22.4 Å². The summed E-state index contributed by atoms with van der Waals surface area (Å²) < 4.78 is 0. The number of nitriles is 1. The van der Waals surface area contributed by atoms with Crippen molar-refractivity contribution in [2.45, 2.75) is 31.7 Å². The molecule has 0 amide bonds. The highest BCUT2D eigenvalue weighted by atomic mass is 35.5. The largest absolute Gasteiger partial charge is 0.310 e. The van der Waals surface area contributed by atoms with E-state index in [1.807, 2.05) is 6.07 Å². The van der Waals surface area contributed by atoms with Crippen molar-refractivity contribution in [1.29, 1.82) is 5.26 Å². The first-order valence-electron chi connectivity index (χ1n) is 6.79. The fourth-order valence-corrected chi connectivity index (χ4v) is 3.34. The summed E-state index contributed by atoms with van der Waals surface area (Å²) in [5.41, 5.74) is 2.78. The van der Waals surface area contributed by atoms with E-state index in [4.69, 9.17) is 16.9 Å². The third-order valence-corrected chi connectivity index (χ3v) is 4.42. The number of nitrogens with zero attached hydrogens (tertiary/aromatic N) is 2. The molecule has 0 aromatic carbocycles. The van der Waals surface area contributed by atoms with Crippen molar-refractivity contribution in [3.05, 3.63) is 34.6 Å². The minimum atomic E-state index is 0.288. The lowest BCUT2D eigenvalue weighted by molar-refractivity contribution is 0.304. The van der Waals surface area contributed by atoms with Crippen molar-refractivity contribution >= 4 is 17.2 Å². The monoisotopic (exact) mass is 273 g/mol. The number of hydrogen-bond acceptors (Lipinski definition) is 3. The fourth-order valence-electron chi connectivity index (χ4n) is 3.19. The van der Waals surface area contributed by atoms with Crippen LogP contribution in [0.3, 0.4) is 0 Å². The summed E-state index contributed by atoms with van der Waals surface area (Å²) in [4.78, 5) is 4.14. The van der Waals surface area contributed by atoms with Crippen molar-refractivity contribution in [3.63, 3.8) is 0 Å². The molecule has 4 heteroatoms. The molecule has 1 aromatic rings. The predicted molar refractivity (Wildman–Crippen MR) is 75.7 cm³/mol. The van der Waals surface area contributed by atoms with Crippen LogP contribution in [-0.4, -0.2) is 17.6 Å². The van der Waals surface area contributed by atoms with Crippen molar-refractivity contribution < 1.29 is 0 Å². The fraction of sp³-hybridized carbons (Fsp3) is 0.467. The zero-order valence-electron chi connectivity index (χ0n) is 10.7. The van der Waals surface area contributed by atoms with Crippen LogP contribution in [0, 0.1) is 17.2 Å². The van der Waals surface area contributed by atoms with Crippen LogP contribution in [0.4, 0.5) is 0 Å². The van der Waals surface area contributed by atoms with Crippen LogP contribution < -0.4 is 5.32 Å². The molecule has 1 N–H and O–H groups in total. The van der Waals surface area contributed by atoms with Crippen LogP contribution in [0.25, 0.3) is 5.57 Å². The molecule has 2 aliphatic rings. The Kier molecular flexibility index (Phi) is 3.54. The molecule has 98 valence electrons. The first kappa shape index (κ1) is 12.7. The van der Waals surface area contributed by atoms with Gasteiger partial charge in [-0.2, -0.15) is 5.26 Å². The molecule has 1 aliphatic carbocycles. The van der Waals surface area contributed by atoms with E-state index < -0.39 is 0 Å². The average Bonchev–Trinajstić information content (AvgIpc) is 2.47. The highest BCUT2D eigenvalue weighted by Crippen LogP contribution is 2.36. The predicted octanol–water partition coefficient (Wildman–Crippen LogP) is 3.15. The van der Waals surface area contributed by atoms with E-state index in [1.165, 1.54) is 24.8 Å². The number of allylic oxidation sites excluding steroid dienone is 1. The smallest absolute Gasteiger partial charge is 0.146 e. The van der Waals surface area contributed by atoms with E-state index in [9.17, 15) is 0 Å². The lowest BCUT2D eigenvalue weighted by Crippen LogP contribution is -2.43. The number of fused-ring (bicyclic) bond motifs is 1. The van der Waals surface area contributed by atoms with Crippen molar-refractivity contribution in [1.82, 2.24) is 10.3 Å². The van der Waals surface area contributed by atoms with Gasteiger partial charge in [0.1, 0.15) is 11.2 Å². The molecule has 1 aliphatic heterocycles. The van der Waals surface area contributed by atoms with Gasteiger partial charge >= 0.3 is 0 Å². The molecule has 1 aromatic heterocycles. The molecular formula is C15H16ClN3. The van der Waals surface area contributed by atoms with Crippen molar-refractivity contribution in [2.75, 3.05) is 6.54 Å². The molecule has 0 spiro atoms. The van der Waals surface area contributed by atoms with Gasteiger partial charge in [-0.15, -0.1) is 0 Å². The summed E-state index contributed by atoms with van der Waals surface area (Å²) in [6.45, 7) is 1.07. The van der Waals surface area contributed by atoms with E-state index in [1.54, 1.807) is 6.20 Å². The van der Waals surface area contributed by atoms with Crippen LogP contribution >= 0.6 is 11.6 Å². The Morgan fingerprint density at radius 3 is 3.16 bits per heavy atom. The second kappa shape index (κ2) is 5.32. The lowest BCUT2D eigenvalue weighted by Gasteiger charge is -2.37. The number of hydrogen-bond donors (Lipinski definition) is 1. The quantitative estimate of drug-likeness (QED) is 0.800. The van der Waals surface area contributed by atoms with Crippen LogP contribution in [0.15, 0.2) is 18.3 Å². The molecule has 0 radical (unpaired) electrons. The van der Waals surface area contributed by atoms with E-state index in [-0.39, 0.29) is 5.15 Å². The Balaban J connectivity index is 1.96. The molecule has 1 saturated heterocycles. The van der Waals surface area contributed by atoms with Crippen molar-refractivity contribution in [2.24, 2.45) is 5.92 Å². The molecule has 19 heavy (non-hydrogen) atoms. The van der Waals surface area contributed by atoms with Gasteiger partial charge in [-0.1, -0.05) is 17.7 Å².